The highest BCUT2D eigenvalue weighted by molar-refractivity contribution is 8.00. The molecule has 1 aromatic rings. The van der Waals surface area contributed by atoms with Crippen molar-refractivity contribution in [2.45, 2.75) is 69.9 Å². The summed E-state index contributed by atoms with van der Waals surface area (Å²) in [5.74, 6) is -1.13. The molecule has 2 atom stereocenters. The summed E-state index contributed by atoms with van der Waals surface area (Å²) in [4.78, 5) is 55.3. The van der Waals surface area contributed by atoms with Gasteiger partial charge in [-0.3, -0.25) is 19.8 Å². The molecule has 0 spiro atoms. The summed E-state index contributed by atoms with van der Waals surface area (Å²) >= 11 is 2.57. The molecule has 3 aliphatic rings. The van der Waals surface area contributed by atoms with Crippen LogP contribution in [0.4, 0.5) is 9.93 Å². The van der Waals surface area contributed by atoms with E-state index in [0.717, 1.165) is 12.8 Å². The van der Waals surface area contributed by atoms with Crippen LogP contribution in [0.25, 0.3) is 5.57 Å². The molecule has 4 rings (SSSR count). The van der Waals surface area contributed by atoms with Crippen LogP contribution in [0, 0.1) is 5.92 Å². The van der Waals surface area contributed by atoms with E-state index < -0.39 is 40.9 Å². The van der Waals surface area contributed by atoms with Crippen LogP contribution in [-0.4, -0.2) is 61.6 Å². The third kappa shape index (κ3) is 5.92. The van der Waals surface area contributed by atoms with Gasteiger partial charge in [0.1, 0.15) is 22.7 Å². The monoisotopic (exact) mass is 534 g/mol. The van der Waals surface area contributed by atoms with Gasteiger partial charge in [-0.25, -0.2) is 14.6 Å². The summed E-state index contributed by atoms with van der Waals surface area (Å²) in [5.41, 5.74) is 0.0135. The minimum absolute atomic E-state index is 0.0522. The molecule has 12 heteroatoms. The molecular weight excluding hydrogens is 504 g/mol. The van der Waals surface area contributed by atoms with Gasteiger partial charge in [-0.1, -0.05) is 31.8 Å². The van der Waals surface area contributed by atoms with Gasteiger partial charge in [0.05, 0.1) is 11.3 Å². The molecular formula is C24H30N4O6S2. The number of anilines is 1. The minimum Gasteiger partial charge on any atom is -0.477 e. The Hall–Kier alpha value is -2.86. The summed E-state index contributed by atoms with van der Waals surface area (Å²) in [7, 11) is 0. The molecule has 3 heterocycles. The first-order chi connectivity index (χ1) is 17.0. The molecule has 194 valence electrons. The number of ether oxygens (including phenoxy) is 1. The molecule has 3 amide bonds. The van der Waals surface area contributed by atoms with Crippen LogP contribution in [0.5, 0.6) is 0 Å². The number of carbonyl (C=O) groups excluding carboxylic acids is 3. The summed E-state index contributed by atoms with van der Waals surface area (Å²) in [6.45, 7) is 5.28. The van der Waals surface area contributed by atoms with Gasteiger partial charge in [0, 0.05) is 11.1 Å². The van der Waals surface area contributed by atoms with Crippen LogP contribution in [-0.2, 0) is 19.1 Å². The first-order valence-electron chi connectivity index (χ1n) is 11.9. The fourth-order valence-corrected chi connectivity index (χ4v) is 6.34. The fraction of sp³-hybridized carbons (Fsp3) is 0.542. The molecule has 1 saturated heterocycles. The van der Waals surface area contributed by atoms with Crippen molar-refractivity contribution in [3.8, 4) is 0 Å². The Balaban J connectivity index is 1.49. The SMILES string of the molecule is CC(C)(C)OC(=O)Nc1nc(/C(=C/CC2CCCC2)C(=O)NC2C(=O)N3C(C(=O)O)=CCSC23)cs1. The van der Waals surface area contributed by atoms with Crippen molar-refractivity contribution < 1.29 is 29.0 Å². The number of aliphatic carboxylic acids is 1. The first kappa shape index (κ1) is 26.2. The number of aromatic nitrogens is 1. The second-order valence-electron chi connectivity index (χ2n) is 9.95. The number of carboxylic acid groups (broad SMARTS) is 1. The van der Waals surface area contributed by atoms with E-state index in [0.29, 0.717) is 34.5 Å². The number of thiazole rings is 1. The van der Waals surface area contributed by atoms with Crippen LogP contribution < -0.4 is 10.6 Å². The quantitative estimate of drug-likeness (QED) is 0.355. The molecule has 2 unspecified atom stereocenters. The zero-order chi connectivity index (χ0) is 26.0. The lowest BCUT2D eigenvalue weighted by Gasteiger charge is -2.48. The lowest BCUT2D eigenvalue weighted by atomic mass is 10.00. The summed E-state index contributed by atoms with van der Waals surface area (Å²) in [5, 5.41) is 16.3. The Bertz CT molecular complexity index is 1120. The van der Waals surface area contributed by atoms with Crippen molar-refractivity contribution in [3.05, 3.63) is 28.9 Å². The largest absolute Gasteiger partial charge is 0.477 e. The highest BCUT2D eigenvalue weighted by atomic mass is 32.2. The van der Waals surface area contributed by atoms with Crippen LogP contribution in [0.15, 0.2) is 23.2 Å². The topological polar surface area (TPSA) is 138 Å². The predicted octanol–water partition coefficient (Wildman–Crippen LogP) is 3.82. The molecule has 36 heavy (non-hydrogen) atoms. The number of thioether (sulfide) groups is 1. The Morgan fingerprint density at radius 1 is 1.28 bits per heavy atom. The van der Waals surface area contributed by atoms with Crippen molar-refractivity contribution in [3.63, 3.8) is 0 Å². The molecule has 0 aromatic carbocycles. The molecule has 0 bridgehead atoms. The van der Waals surface area contributed by atoms with Gasteiger partial charge in [-0.15, -0.1) is 23.1 Å². The third-order valence-corrected chi connectivity index (χ3v) is 8.06. The lowest BCUT2D eigenvalue weighted by molar-refractivity contribution is -0.150. The van der Waals surface area contributed by atoms with Gasteiger partial charge in [0.15, 0.2) is 5.13 Å². The van der Waals surface area contributed by atoms with Gasteiger partial charge < -0.3 is 15.2 Å². The molecule has 10 nitrogen and oxygen atoms in total. The number of nitrogens with zero attached hydrogens (tertiary/aromatic N) is 2. The van der Waals surface area contributed by atoms with E-state index in [1.165, 1.54) is 46.9 Å². The number of β-lactam (4-membered cyclic amide) rings is 1. The van der Waals surface area contributed by atoms with Gasteiger partial charge in [0.2, 0.25) is 0 Å². The van der Waals surface area contributed by atoms with Crippen LogP contribution >= 0.6 is 23.1 Å². The Morgan fingerprint density at radius 2 is 2.00 bits per heavy atom. The average molecular weight is 535 g/mol. The van der Waals surface area contributed by atoms with E-state index in [1.54, 1.807) is 26.2 Å². The lowest BCUT2D eigenvalue weighted by Crippen LogP contribution is -2.70. The number of amides is 3. The molecule has 2 aliphatic heterocycles. The molecule has 1 aromatic heterocycles. The van der Waals surface area contributed by atoms with E-state index in [9.17, 15) is 24.3 Å². The number of allylic oxidation sites excluding steroid dienone is 1. The summed E-state index contributed by atoms with van der Waals surface area (Å²) in [6.07, 6.45) is 7.98. The van der Waals surface area contributed by atoms with Crippen molar-refractivity contribution in [2.24, 2.45) is 5.92 Å². The number of carbonyl (C=O) groups is 4. The maximum Gasteiger partial charge on any atom is 0.413 e. The highest BCUT2D eigenvalue weighted by Gasteiger charge is 2.52. The van der Waals surface area contributed by atoms with Crippen molar-refractivity contribution in [1.82, 2.24) is 15.2 Å². The number of hydrogen-bond donors (Lipinski definition) is 3. The van der Waals surface area contributed by atoms with E-state index in [-0.39, 0.29) is 5.70 Å². The maximum absolute atomic E-state index is 13.4. The zero-order valence-electron chi connectivity index (χ0n) is 20.4. The number of fused-ring (bicyclic) bond motifs is 1. The standard InChI is InChI=1S/C24H30N4O6S2/c1-24(2,3)34-23(33)27-22-25-15(12-36-22)14(9-8-13-6-4-5-7-13)18(29)26-17-19(30)28-16(21(31)32)10-11-35-20(17)28/h9-10,12-13,17,20H,4-8,11H2,1-3H3,(H,26,29)(H,31,32)(H,25,27,33)/b14-9-. The summed E-state index contributed by atoms with van der Waals surface area (Å²) < 4.78 is 5.27. The summed E-state index contributed by atoms with van der Waals surface area (Å²) in [6, 6.07) is -0.821. The van der Waals surface area contributed by atoms with Gasteiger partial charge in [0.25, 0.3) is 11.8 Å². The number of rotatable bonds is 7. The zero-order valence-corrected chi connectivity index (χ0v) is 22.0. The predicted molar refractivity (Wildman–Crippen MR) is 137 cm³/mol. The first-order valence-corrected chi connectivity index (χ1v) is 13.8. The fourth-order valence-electron chi connectivity index (χ4n) is 4.45. The van der Waals surface area contributed by atoms with Crippen molar-refractivity contribution in [2.75, 3.05) is 11.1 Å². The minimum atomic E-state index is -1.16. The van der Waals surface area contributed by atoms with Crippen LogP contribution in [0.1, 0.15) is 58.6 Å². The molecule has 2 fully saturated rings. The van der Waals surface area contributed by atoms with E-state index >= 15 is 0 Å². The number of carboxylic acids is 1. The van der Waals surface area contributed by atoms with Crippen molar-refractivity contribution >= 4 is 57.7 Å². The van der Waals surface area contributed by atoms with Crippen LogP contribution in [0.3, 0.4) is 0 Å². The molecule has 1 aliphatic carbocycles. The van der Waals surface area contributed by atoms with Crippen molar-refractivity contribution in [1.29, 1.82) is 0 Å². The molecule has 1 saturated carbocycles. The number of nitrogens with one attached hydrogen (secondary N) is 2. The normalized spacial score (nSPS) is 22.4. The molecule has 0 radical (unpaired) electrons. The van der Waals surface area contributed by atoms with E-state index in [4.69, 9.17) is 4.74 Å². The van der Waals surface area contributed by atoms with Crippen LogP contribution in [0.2, 0.25) is 0 Å². The number of hydrogen-bond acceptors (Lipinski definition) is 8. The molecule has 3 N–H and O–H groups in total. The van der Waals surface area contributed by atoms with E-state index in [2.05, 4.69) is 15.6 Å². The average Bonchev–Trinajstić information content (AvgIpc) is 3.48. The van der Waals surface area contributed by atoms with Gasteiger partial charge in [-0.05, 0) is 39.2 Å². The second kappa shape index (κ2) is 10.6. The van der Waals surface area contributed by atoms with E-state index in [1.807, 2.05) is 6.08 Å². The Labute approximate surface area is 217 Å². The van der Waals surface area contributed by atoms with Gasteiger partial charge in [-0.2, -0.15) is 0 Å². The smallest absolute Gasteiger partial charge is 0.413 e. The Kier molecular flexibility index (Phi) is 7.74. The van der Waals surface area contributed by atoms with Gasteiger partial charge >= 0.3 is 12.1 Å². The maximum atomic E-state index is 13.4. The highest BCUT2D eigenvalue weighted by Crippen LogP contribution is 2.38. The second-order valence-corrected chi connectivity index (χ2v) is 12.0. The third-order valence-electron chi connectivity index (χ3n) is 6.11. The Morgan fingerprint density at radius 3 is 2.67 bits per heavy atom.